The van der Waals surface area contributed by atoms with Crippen molar-refractivity contribution in [3.63, 3.8) is 0 Å². The molecular formula is C25H31F2N9O3. The zero-order chi connectivity index (χ0) is 27.5. The number of halogens is 2. The number of benzene rings is 1. The normalized spacial score (nSPS) is 19.8. The highest BCUT2D eigenvalue weighted by Gasteiger charge is 2.28. The molecule has 3 aromatic rings. The highest BCUT2D eigenvalue weighted by atomic mass is 19.3. The third-order valence-electron chi connectivity index (χ3n) is 6.88. The molecule has 0 unspecified atom stereocenters. The average Bonchev–Trinajstić information content (AvgIpc) is 3.34. The lowest BCUT2D eigenvalue weighted by atomic mass is 9.91. The first kappa shape index (κ1) is 26.7. The molecule has 0 bridgehead atoms. The SMILES string of the molecule is CN(C)C(=O)C(=O)N[C@H]1CC[C@H](Nc2nc(N3CCOCC3)nc(-n3c(C(F)F)nc4ccccc43)n2)CC1. The number of likely N-dealkylation sites (N-methyl/N-ethyl adjacent to an activating group) is 1. The summed E-state index contributed by atoms with van der Waals surface area (Å²) in [5.41, 5.74) is 0.894. The van der Waals surface area contributed by atoms with E-state index in [4.69, 9.17) is 4.74 Å². The molecule has 208 valence electrons. The van der Waals surface area contributed by atoms with E-state index >= 15 is 0 Å². The molecule has 12 nitrogen and oxygen atoms in total. The van der Waals surface area contributed by atoms with Gasteiger partial charge in [-0.25, -0.2) is 13.8 Å². The molecule has 14 heteroatoms. The Kier molecular flexibility index (Phi) is 7.82. The van der Waals surface area contributed by atoms with Crippen molar-refractivity contribution in [1.82, 2.24) is 34.7 Å². The van der Waals surface area contributed by atoms with Crippen molar-refractivity contribution in [2.45, 2.75) is 44.2 Å². The lowest BCUT2D eigenvalue weighted by Gasteiger charge is -2.30. The second kappa shape index (κ2) is 11.4. The van der Waals surface area contributed by atoms with Gasteiger partial charge < -0.3 is 25.2 Å². The molecule has 2 N–H and O–H groups in total. The molecule has 3 heterocycles. The van der Waals surface area contributed by atoms with Gasteiger partial charge in [0.05, 0.1) is 24.2 Å². The Balaban J connectivity index is 1.40. The monoisotopic (exact) mass is 543 g/mol. The number of anilines is 2. The molecule has 1 aliphatic heterocycles. The van der Waals surface area contributed by atoms with E-state index in [1.807, 2.05) is 4.90 Å². The Hall–Kier alpha value is -3.94. The number of nitrogens with one attached hydrogen (secondary N) is 2. The van der Waals surface area contributed by atoms with Gasteiger partial charge >= 0.3 is 11.8 Å². The molecule has 0 spiro atoms. The van der Waals surface area contributed by atoms with Crippen molar-refractivity contribution in [3.05, 3.63) is 30.1 Å². The van der Waals surface area contributed by atoms with E-state index in [-0.39, 0.29) is 24.0 Å². The van der Waals surface area contributed by atoms with Gasteiger partial charge in [0, 0.05) is 39.3 Å². The van der Waals surface area contributed by atoms with Crippen LogP contribution in [0.15, 0.2) is 24.3 Å². The van der Waals surface area contributed by atoms with Crippen molar-refractivity contribution in [2.75, 3.05) is 50.6 Å². The molecule has 0 radical (unpaired) electrons. The highest BCUT2D eigenvalue weighted by molar-refractivity contribution is 6.34. The molecule has 1 saturated carbocycles. The number of rotatable bonds is 6. The molecule has 0 atom stereocenters. The molecule has 39 heavy (non-hydrogen) atoms. The molecule has 2 aliphatic rings. The summed E-state index contributed by atoms with van der Waals surface area (Å²) in [6, 6.07) is 6.75. The molecule has 1 saturated heterocycles. The molecular weight excluding hydrogens is 512 g/mol. The molecule has 2 amide bonds. The second-order valence-electron chi connectivity index (χ2n) is 9.82. The van der Waals surface area contributed by atoms with Gasteiger partial charge in [-0.15, -0.1) is 0 Å². The van der Waals surface area contributed by atoms with Gasteiger partial charge in [0.15, 0.2) is 5.82 Å². The maximum Gasteiger partial charge on any atom is 0.311 e. The summed E-state index contributed by atoms with van der Waals surface area (Å²) >= 11 is 0. The standard InChI is InChI=1S/C25H31F2N9O3/c1-34(2)22(38)21(37)28-15-7-9-16(10-8-15)29-23-31-24(35-11-13-39-14-12-35)33-25(32-23)36-18-6-4-3-5-17(18)30-20(36)19(26)27/h3-6,15-16,19H,7-14H2,1-2H3,(H,28,37)(H,29,31,32,33)/t15-,16-. The van der Waals surface area contributed by atoms with Gasteiger partial charge in [-0.3, -0.25) is 14.2 Å². The topological polar surface area (TPSA) is 130 Å². The smallest absolute Gasteiger partial charge is 0.311 e. The third kappa shape index (κ3) is 5.90. The van der Waals surface area contributed by atoms with Crippen LogP contribution in [0.2, 0.25) is 0 Å². The molecule has 5 rings (SSSR count). The van der Waals surface area contributed by atoms with Crippen LogP contribution in [-0.2, 0) is 14.3 Å². The van der Waals surface area contributed by atoms with Crippen LogP contribution in [0.5, 0.6) is 0 Å². The number of imidazole rings is 1. The fourth-order valence-electron chi connectivity index (χ4n) is 4.84. The maximum atomic E-state index is 14.1. The van der Waals surface area contributed by atoms with Crippen molar-refractivity contribution in [3.8, 4) is 5.95 Å². The Morgan fingerprint density at radius 1 is 0.974 bits per heavy atom. The van der Waals surface area contributed by atoms with Gasteiger partial charge in [-0.1, -0.05) is 12.1 Å². The van der Waals surface area contributed by atoms with Crippen molar-refractivity contribution < 1.29 is 23.1 Å². The minimum Gasteiger partial charge on any atom is -0.378 e. The minimum absolute atomic E-state index is 0.00964. The number of hydrogen-bond donors (Lipinski definition) is 2. The zero-order valence-electron chi connectivity index (χ0n) is 21.8. The van der Waals surface area contributed by atoms with E-state index in [2.05, 4.69) is 30.6 Å². The fourth-order valence-corrected chi connectivity index (χ4v) is 4.84. The Bertz CT molecular complexity index is 1340. The van der Waals surface area contributed by atoms with Gasteiger partial charge in [-0.2, -0.15) is 15.0 Å². The van der Waals surface area contributed by atoms with Crippen molar-refractivity contribution in [2.24, 2.45) is 0 Å². The number of amides is 2. The number of hydrogen-bond acceptors (Lipinski definition) is 9. The first-order chi connectivity index (χ1) is 18.8. The number of para-hydroxylation sites is 2. The van der Waals surface area contributed by atoms with Crippen molar-refractivity contribution in [1.29, 1.82) is 0 Å². The van der Waals surface area contributed by atoms with Crippen LogP contribution < -0.4 is 15.5 Å². The predicted molar refractivity (Wildman–Crippen MR) is 139 cm³/mol. The second-order valence-corrected chi connectivity index (χ2v) is 9.82. The van der Waals surface area contributed by atoms with Crippen LogP contribution in [0.3, 0.4) is 0 Å². The number of aromatic nitrogens is 5. The van der Waals surface area contributed by atoms with Crippen LogP contribution >= 0.6 is 0 Å². The Labute approximate surface area is 223 Å². The first-order valence-corrected chi connectivity index (χ1v) is 12.9. The molecule has 1 aliphatic carbocycles. The predicted octanol–water partition coefficient (Wildman–Crippen LogP) is 1.91. The van der Waals surface area contributed by atoms with Crippen LogP contribution in [-0.4, -0.2) is 93.7 Å². The molecule has 1 aromatic carbocycles. The Morgan fingerprint density at radius 3 is 2.33 bits per heavy atom. The number of alkyl halides is 2. The lowest BCUT2D eigenvalue weighted by Crippen LogP contribution is -2.46. The third-order valence-corrected chi connectivity index (χ3v) is 6.88. The number of carbonyl (C=O) groups is 2. The molecule has 2 aromatic heterocycles. The van der Waals surface area contributed by atoms with E-state index in [1.54, 1.807) is 24.3 Å². The van der Waals surface area contributed by atoms with E-state index < -0.39 is 24.1 Å². The minimum atomic E-state index is -2.83. The molecule has 2 fully saturated rings. The fraction of sp³-hybridized carbons (Fsp3) is 0.520. The average molecular weight is 544 g/mol. The van der Waals surface area contributed by atoms with E-state index in [9.17, 15) is 18.4 Å². The summed E-state index contributed by atoms with van der Waals surface area (Å²) in [6.07, 6.45) is -0.0984. The highest BCUT2D eigenvalue weighted by Crippen LogP contribution is 2.28. The Morgan fingerprint density at radius 2 is 1.64 bits per heavy atom. The number of morpholine rings is 1. The number of carbonyl (C=O) groups excluding carboxylic acids is 2. The summed E-state index contributed by atoms with van der Waals surface area (Å²) in [5.74, 6) is -0.942. The van der Waals surface area contributed by atoms with Gasteiger partial charge in [0.25, 0.3) is 6.43 Å². The van der Waals surface area contributed by atoms with E-state index in [1.165, 1.54) is 23.6 Å². The van der Waals surface area contributed by atoms with Gasteiger partial charge in [0.2, 0.25) is 17.8 Å². The summed E-state index contributed by atoms with van der Waals surface area (Å²) in [7, 11) is 3.07. The van der Waals surface area contributed by atoms with Crippen LogP contribution in [0.1, 0.15) is 37.9 Å². The van der Waals surface area contributed by atoms with E-state index in [0.717, 1.165) is 0 Å². The summed E-state index contributed by atoms with van der Waals surface area (Å²) in [4.78, 5) is 45.0. The first-order valence-electron chi connectivity index (χ1n) is 12.9. The summed E-state index contributed by atoms with van der Waals surface area (Å²) in [6.45, 7) is 2.13. The van der Waals surface area contributed by atoms with E-state index in [0.29, 0.717) is 69.0 Å². The van der Waals surface area contributed by atoms with Crippen molar-refractivity contribution >= 4 is 34.7 Å². The lowest BCUT2D eigenvalue weighted by molar-refractivity contribution is -0.144. The zero-order valence-corrected chi connectivity index (χ0v) is 21.8. The van der Waals surface area contributed by atoms with Crippen LogP contribution in [0, 0.1) is 0 Å². The van der Waals surface area contributed by atoms with Crippen LogP contribution in [0.25, 0.3) is 17.0 Å². The number of fused-ring (bicyclic) bond motifs is 1. The summed E-state index contributed by atoms with van der Waals surface area (Å²) in [5, 5.41) is 6.14. The summed E-state index contributed by atoms with van der Waals surface area (Å²) < 4.78 is 34.8. The quantitative estimate of drug-likeness (QED) is 0.448. The maximum absolute atomic E-state index is 14.1. The van der Waals surface area contributed by atoms with Crippen LogP contribution in [0.4, 0.5) is 20.7 Å². The van der Waals surface area contributed by atoms with Gasteiger partial charge in [-0.05, 0) is 37.8 Å². The number of ether oxygens (including phenoxy) is 1. The largest absolute Gasteiger partial charge is 0.378 e. The number of nitrogens with zero attached hydrogens (tertiary/aromatic N) is 7. The van der Waals surface area contributed by atoms with Gasteiger partial charge in [0.1, 0.15) is 0 Å².